The third kappa shape index (κ3) is 2.69. The highest BCUT2D eigenvalue weighted by atomic mass is 16.2. The molecule has 2 aromatic rings. The van der Waals surface area contributed by atoms with Gasteiger partial charge in [-0.25, -0.2) is 4.68 Å². The largest absolute Gasteiger partial charge is 0.349 e. The minimum absolute atomic E-state index is 0.0803. The summed E-state index contributed by atoms with van der Waals surface area (Å²) in [5.74, 6) is -0.220. The molecular formula is C15H17N5O2. The zero-order chi connectivity index (χ0) is 15.7. The van der Waals surface area contributed by atoms with Crippen LogP contribution < -0.4 is 10.6 Å². The summed E-state index contributed by atoms with van der Waals surface area (Å²) in [7, 11) is 0. The SMILES string of the molecule is Cc1ccc(C(=O)NCc2nnn3c2CNC(=O)C3)c(C)c1. The lowest BCUT2D eigenvalue weighted by Crippen LogP contribution is -2.35. The number of nitrogens with zero attached hydrogens (tertiary/aromatic N) is 3. The molecule has 0 atom stereocenters. The van der Waals surface area contributed by atoms with Crippen LogP contribution in [0.5, 0.6) is 0 Å². The average molecular weight is 299 g/mol. The van der Waals surface area contributed by atoms with Gasteiger partial charge in [0.15, 0.2) is 0 Å². The van der Waals surface area contributed by atoms with E-state index in [0.717, 1.165) is 16.8 Å². The third-order valence-corrected chi connectivity index (χ3v) is 3.71. The van der Waals surface area contributed by atoms with Crippen molar-refractivity contribution >= 4 is 11.8 Å². The van der Waals surface area contributed by atoms with Crippen molar-refractivity contribution < 1.29 is 9.59 Å². The zero-order valence-corrected chi connectivity index (χ0v) is 12.5. The van der Waals surface area contributed by atoms with Gasteiger partial charge in [-0.1, -0.05) is 22.9 Å². The molecule has 0 spiro atoms. The Morgan fingerprint density at radius 3 is 3.00 bits per heavy atom. The van der Waals surface area contributed by atoms with Gasteiger partial charge in [0.05, 0.1) is 18.8 Å². The summed E-state index contributed by atoms with van der Waals surface area (Å²) in [5, 5.41) is 13.6. The third-order valence-electron chi connectivity index (χ3n) is 3.71. The molecule has 0 radical (unpaired) electrons. The van der Waals surface area contributed by atoms with Crippen LogP contribution in [0.3, 0.4) is 0 Å². The lowest BCUT2D eigenvalue weighted by atomic mass is 10.1. The molecule has 0 bridgehead atoms. The van der Waals surface area contributed by atoms with E-state index in [4.69, 9.17) is 0 Å². The van der Waals surface area contributed by atoms with Gasteiger partial charge in [0.2, 0.25) is 5.91 Å². The standard InChI is InChI=1S/C15H17N5O2/c1-9-3-4-11(10(2)5-9)15(22)17-6-12-13-7-16-14(21)8-20(13)19-18-12/h3-5H,6-8H2,1-2H3,(H,16,21)(H,17,22). The molecule has 3 rings (SSSR count). The Hall–Kier alpha value is -2.70. The maximum Gasteiger partial charge on any atom is 0.251 e. The lowest BCUT2D eigenvalue weighted by molar-refractivity contribution is -0.122. The van der Waals surface area contributed by atoms with Crippen molar-refractivity contribution in [2.24, 2.45) is 0 Å². The van der Waals surface area contributed by atoms with Crippen molar-refractivity contribution in [3.63, 3.8) is 0 Å². The molecule has 2 heterocycles. The summed E-state index contributed by atoms with van der Waals surface area (Å²) in [6, 6.07) is 5.71. The van der Waals surface area contributed by atoms with Gasteiger partial charge in [0.25, 0.3) is 5.91 Å². The number of hydrogen-bond donors (Lipinski definition) is 2. The summed E-state index contributed by atoms with van der Waals surface area (Å²) < 4.78 is 1.57. The Balaban J connectivity index is 1.70. The minimum atomic E-state index is -0.140. The molecule has 0 unspecified atom stereocenters. The van der Waals surface area contributed by atoms with Gasteiger partial charge in [-0.15, -0.1) is 5.10 Å². The first kappa shape index (κ1) is 14.2. The van der Waals surface area contributed by atoms with E-state index >= 15 is 0 Å². The summed E-state index contributed by atoms with van der Waals surface area (Å²) in [5.41, 5.74) is 4.23. The number of fused-ring (bicyclic) bond motifs is 1. The zero-order valence-electron chi connectivity index (χ0n) is 12.5. The van der Waals surface area contributed by atoms with Crippen LogP contribution in [-0.2, 0) is 24.4 Å². The predicted octanol–water partition coefficient (Wildman–Crippen LogP) is 0.455. The van der Waals surface area contributed by atoms with Crippen LogP contribution in [0.25, 0.3) is 0 Å². The molecule has 2 amide bonds. The quantitative estimate of drug-likeness (QED) is 0.861. The van der Waals surface area contributed by atoms with Crippen LogP contribution in [0, 0.1) is 13.8 Å². The highest BCUT2D eigenvalue weighted by Gasteiger charge is 2.20. The van der Waals surface area contributed by atoms with E-state index in [1.807, 2.05) is 32.0 Å². The van der Waals surface area contributed by atoms with Gasteiger partial charge in [-0.05, 0) is 25.5 Å². The molecule has 7 heteroatoms. The molecule has 0 fully saturated rings. The minimum Gasteiger partial charge on any atom is -0.349 e. The molecule has 7 nitrogen and oxygen atoms in total. The van der Waals surface area contributed by atoms with Crippen molar-refractivity contribution in [2.75, 3.05) is 0 Å². The second-order valence-corrected chi connectivity index (χ2v) is 5.42. The summed E-state index contributed by atoms with van der Waals surface area (Å²) >= 11 is 0. The van der Waals surface area contributed by atoms with Gasteiger partial charge < -0.3 is 10.6 Å². The van der Waals surface area contributed by atoms with Crippen LogP contribution in [-0.4, -0.2) is 26.8 Å². The molecule has 0 saturated heterocycles. The number of aryl methyl sites for hydroxylation is 2. The van der Waals surface area contributed by atoms with Crippen molar-refractivity contribution in [2.45, 2.75) is 33.5 Å². The average Bonchev–Trinajstić information content (AvgIpc) is 2.87. The van der Waals surface area contributed by atoms with Gasteiger partial charge >= 0.3 is 0 Å². The van der Waals surface area contributed by atoms with Crippen molar-refractivity contribution in [1.82, 2.24) is 25.6 Å². The lowest BCUT2D eigenvalue weighted by Gasteiger charge is -2.14. The van der Waals surface area contributed by atoms with Crippen molar-refractivity contribution in [1.29, 1.82) is 0 Å². The van der Waals surface area contributed by atoms with Crippen LogP contribution in [0.4, 0.5) is 0 Å². The van der Waals surface area contributed by atoms with E-state index < -0.39 is 0 Å². The van der Waals surface area contributed by atoms with E-state index in [2.05, 4.69) is 20.9 Å². The monoisotopic (exact) mass is 299 g/mol. The second-order valence-electron chi connectivity index (χ2n) is 5.42. The number of nitrogens with one attached hydrogen (secondary N) is 2. The van der Waals surface area contributed by atoms with Crippen LogP contribution in [0.1, 0.15) is 32.9 Å². The molecule has 0 aliphatic carbocycles. The van der Waals surface area contributed by atoms with Crippen molar-refractivity contribution in [3.05, 3.63) is 46.3 Å². The van der Waals surface area contributed by atoms with Gasteiger partial charge in [0, 0.05) is 5.56 Å². The number of hydrogen-bond acceptors (Lipinski definition) is 4. The van der Waals surface area contributed by atoms with Crippen LogP contribution in [0.15, 0.2) is 18.2 Å². The predicted molar refractivity (Wildman–Crippen MR) is 79.0 cm³/mol. The normalized spacial score (nSPS) is 13.5. The highest BCUT2D eigenvalue weighted by molar-refractivity contribution is 5.95. The smallest absolute Gasteiger partial charge is 0.251 e. The number of benzene rings is 1. The molecule has 114 valence electrons. The summed E-state index contributed by atoms with van der Waals surface area (Å²) in [4.78, 5) is 23.5. The molecule has 0 saturated carbocycles. The van der Waals surface area contributed by atoms with E-state index in [1.165, 1.54) is 0 Å². The van der Waals surface area contributed by atoms with Crippen LogP contribution >= 0.6 is 0 Å². The number of carbonyl (C=O) groups is 2. The first-order chi connectivity index (χ1) is 10.5. The van der Waals surface area contributed by atoms with Gasteiger partial charge in [0.1, 0.15) is 12.2 Å². The Kier molecular flexibility index (Phi) is 3.62. The molecule has 22 heavy (non-hydrogen) atoms. The number of amides is 2. The highest BCUT2D eigenvalue weighted by Crippen LogP contribution is 2.12. The molecule has 2 N–H and O–H groups in total. The van der Waals surface area contributed by atoms with Crippen molar-refractivity contribution in [3.8, 4) is 0 Å². The Labute approximate surface area is 127 Å². The number of carbonyl (C=O) groups excluding carboxylic acids is 2. The fraction of sp³-hybridized carbons (Fsp3) is 0.333. The van der Waals surface area contributed by atoms with Gasteiger partial charge in [-0.2, -0.15) is 0 Å². The number of rotatable bonds is 3. The van der Waals surface area contributed by atoms with Crippen LogP contribution in [0.2, 0.25) is 0 Å². The van der Waals surface area contributed by atoms with E-state index in [9.17, 15) is 9.59 Å². The second kappa shape index (κ2) is 5.59. The summed E-state index contributed by atoms with van der Waals surface area (Å²) in [6.07, 6.45) is 0. The molecule has 1 aromatic heterocycles. The first-order valence-electron chi connectivity index (χ1n) is 7.08. The number of aromatic nitrogens is 3. The Morgan fingerprint density at radius 2 is 2.23 bits per heavy atom. The maximum absolute atomic E-state index is 12.3. The van der Waals surface area contributed by atoms with E-state index in [-0.39, 0.29) is 24.9 Å². The Bertz CT molecular complexity index is 750. The maximum atomic E-state index is 12.3. The fourth-order valence-electron chi connectivity index (χ4n) is 2.53. The first-order valence-corrected chi connectivity index (χ1v) is 7.08. The molecule has 1 aliphatic rings. The van der Waals surface area contributed by atoms with Gasteiger partial charge in [-0.3, -0.25) is 9.59 Å². The van der Waals surface area contributed by atoms with E-state index in [0.29, 0.717) is 17.8 Å². The van der Waals surface area contributed by atoms with E-state index in [1.54, 1.807) is 4.68 Å². The fourth-order valence-corrected chi connectivity index (χ4v) is 2.53. The Morgan fingerprint density at radius 1 is 1.41 bits per heavy atom. The topological polar surface area (TPSA) is 88.9 Å². The molecule has 1 aliphatic heterocycles. The molecular weight excluding hydrogens is 282 g/mol. The molecule has 1 aromatic carbocycles. The summed E-state index contributed by atoms with van der Waals surface area (Å²) in [6.45, 7) is 4.76.